The SMILES string of the molecule is CC(C)c1nc2c(n1Cc1ccc(Cl)cc1)C(OCC(=O)OC=O)CCC2. The van der Waals surface area contributed by atoms with E-state index < -0.39 is 5.97 Å². The van der Waals surface area contributed by atoms with Crippen LogP contribution in [0.1, 0.15) is 61.5 Å². The second-order valence-corrected chi connectivity index (χ2v) is 7.38. The third-order valence-electron chi connectivity index (χ3n) is 4.65. The molecule has 0 bridgehead atoms. The topological polar surface area (TPSA) is 70.4 Å². The molecule has 7 heteroatoms. The number of carbonyl (C=O) groups is 2. The third-order valence-corrected chi connectivity index (χ3v) is 4.90. The van der Waals surface area contributed by atoms with Crippen molar-refractivity contribution in [3.8, 4) is 0 Å². The number of hydrogen-bond donors (Lipinski definition) is 0. The zero-order valence-corrected chi connectivity index (χ0v) is 16.2. The molecule has 3 rings (SSSR count). The van der Waals surface area contributed by atoms with Gasteiger partial charge in [-0.15, -0.1) is 0 Å². The highest BCUT2D eigenvalue weighted by molar-refractivity contribution is 6.30. The largest absolute Gasteiger partial charge is 0.394 e. The standard InChI is InChI=1S/C20H23ClN2O4/c1-13(2)20-22-16-4-3-5-17(26-11-18(25)27-12-24)19(16)23(20)10-14-6-8-15(21)9-7-14/h6-9,12-13,17H,3-5,10-11H2,1-2H3. The highest BCUT2D eigenvalue weighted by Crippen LogP contribution is 2.35. The molecule has 1 aromatic carbocycles. The Bertz CT molecular complexity index is 814. The Morgan fingerprint density at radius 2 is 2.11 bits per heavy atom. The van der Waals surface area contributed by atoms with Crippen molar-refractivity contribution in [2.75, 3.05) is 6.61 Å². The minimum Gasteiger partial charge on any atom is -0.394 e. The molecule has 27 heavy (non-hydrogen) atoms. The van der Waals surface area contributed by atoms with Crippen molar-refractivity contribution in [1.29, 1.82) is 0 Å². The first-order valence-electron chi connectivity index (χ1n) is 9.08. The zero-order valence-electron chi connectivity index (χ0n) is 15.5. The van der Waals surface area contributed by atoms with Crippen molar-refractivity contribution in [3.05, 3.63) is 52.1 Å². The number of ether oxygens (including phenoxy) is 2. The van der Waals surface area contributed by atoms with Crippen LogP contribution >= 0.6 is 11.6 Å². The fourth-order valence-electron chi connectivity index (χ4n) is 3.47. The Balaban J connectivity index is 1.91. The molecule has 1 atom stereocenters. The molecule has 2 aromatic rings. The van der Waals surface area contributed by atoms with Gasteiger partial charge in [0, 0.05) is 17.5 Å². The first-order chi connectivity index (χ1) is 13.0. The number of aromatic nitrogens is 2. The van der Waals surface area contributed by atoms with Gasteiger partial charge in [-0.3, -0.25) is 4.79 Å². The molecule has 0 aliphatic heterocycles. The van der Waals surface area contributed by atoms with Gasteiger partial charge in [0.05, 0.1) is 11.4 Å². The predicted molar refractivity (Wildman–Crippen MR) is 101 cm³/mol. The normalized spacial score (nSPS) is 16.2. The van der Waals surface area contributed by atoms with Crippen LogP contribution in [0.5, 0.6) is 0 Å². The van der Waals surface area contributed by atoms with E-state index in [1.54, 1.807) is 0 Å². The molecule has 144 valence electrons. The molecular weight excluding hydrogens is 368 g/mol. The van der Waals surface area contributed by atoms with Crippen LogP contribution in [0.4, 0.5) is 0 Å². The van der Waals surface area contributed by atoms with E-state index in [0.717, 1.165) is 42.0 Å². The van der Waals surface area contributed by atoms with E-state index in [-0.39, 0.29) is 25.1 Å². The number of fused-ring (bicyclic) bond motifs is 1. The lowest BCUT2D eigenvalue weighted by Gasteiger charge is -2.25. The number of hydrogen-bond acceptors (Lipinski definition) is 5. The molecule has 6 nitrogen and oxygen atoms in total. The average molecular weight is 391 g/mol. The van der Waals surface area contributed by atoms with Crippen molar-refractivity contribution in [2.45, 2.75) is 51.7 Å². The zero-order chi connectivity index (χ0) is 19.4. The van der Waals surface area contributed by atoms with Crippen LogP contribution in [-0.2, 0) is 32.0 Å². The van der Waals surface area contributed by atoms with E-state index in [1.807, 2.05) is 24.3 Å². The number of aryl methyl sites for hydroxylation is 1. The molecule has 1 aliphatic rings. The average Bonchev–Trinajstić information content (AvgIpc) is 3.01. The van der Waals surface area contributed by atoms with Crippen LogP contribution in [0, 0.1) is 0 Å². The van der Waals surface area contributed by atoms with Crippen molar-refractivity contribution in [1.82, 2.24) is 9.55 Å². The summed E-state index contributed by atoms with van der Waals surface area (Å²) >= 11 is 6.00. The van der Waals surface area contributed by atoms with Gasteiger partial charge in [-0.05, 0) is 37.0 Å². The molecule has 0 spiro atoms. The molecule has 0 saturated carbocycles. The molecule has 1 heterocycles. The van der Waals surface area contributed by atoms with Crippen LogP contribution < -0.4 is 0 Å². The van der Waals surface area contributed by atoms with E-state index in [9.17, 15) is 9.59 Å². The summed E-state index contributed by atoms with van der Waals surface area (Å²) in [6.07, 6.45) is 2.38. The molecule has 0 amide bonds. The maximum atomic E-state index is 11.5. The van der Waals surface area contributed by atoms with Crippen LogP contribution in [-0.4, -0.2) is 28.6 Å². The third kappa shape index (κ3) is 4.57. The molecule has 1 aliphatic carbocycles. The van der Waals surface area contributed by atoms with E-state index in [4.69, 9.17) is 21.3 Å². The van der Waals surface area contributed by atoms with Crippen LogP contribution in [0.15, 0.2) is 24.3 Å². The molecule has 0 N–H and O–H groups in total. The van der Waals surface area contributed by atoms with Gasteiger partial charge in [-0.2, -0.15) is 0 Å². The second kappa shape index (κ2) is 8.67. The summed E-state index contributed by atoms with van der Waals surface area (Å²) in [6, 6.07) is 7.75. The van der Waals surface area contributed by atoms with Gasteiger partial charge >= 0.3 is 12.4 Å². The summed E-state index contributed by atoms with van der Waals surface area (Å²) in [7, 11) is 0. The first kappa shape index (κ1) is 19.6. The Morgan fingerprint density at radius 1 is 1.37 bits per heavy atom. The number of esters is 1. The van der Waals surface area contributed by atoms with Gasteiger partial charge in [0.1, 0.15) is 18.5 Å². The maximum absolute atomic E-state index is 11.5. The summed E-state index contributed by atoms with van der Waals surface area (Å²) < 4.78 is 12.3. The van der Waals surface area contributed by atoms with Crippen molar-refractivity contribution in [3.63, 3.8) is 0 Å². The number of nitrogens with zero attached hydrogens (tertiary/aromatic N) is 2. The minimum absolute atomic E-state index is 0.125. The second-order valence-electron chi connectivity index (χ2n) is 6.95. The molecular formula is C20H23ClN2O4. The van der Waals surface area contributed by atoms with E-state index >= 15 is 0 Å². The predicted octanol–water partition coefficient (Wildman–Crippen LogP) is 3.80. The monoisotopic (exact) mass is 390 g/mol. The fraction of sp³-hybridized carbons (Fsp3) is 0.450. The number of carbonyl (C=O) groups excluding carboxylic acids is 2. The molecule has 1 aromatic heterocycles. The summed E-state index contributed by atoms with van der Waals surface area (Å²) in [5, 5.41) is 0.699. The lowest BCUT2D eigenvalue weighted by Crippen LogP contribution is -2.21. The van der Waals surface area contributed by atoms with E-state index in [2.05, 4.69) is 23.2 Å². The van der Waals surface area contributed by atoms with Crippen LogP contribution in [0.3, 0.4) is 0 Å². The molecule has 1 unspecified atom stereocenters. The lowest BCUT2D eigenvalue weighted by atomic mass is 9.98. The van der Waals surface area contributed by atoms with Crippen molar-refractivity contribution >= 4 is 24.0 Å². The summed E-state index contributed by atoms with van der Waals surface area (Å²) in [6.45, 7) is 4.75. The van der Waals surface area contributed by atoms with E-state index in [0.29, 0.717) is 11.6 Å². The lowest BCUT2D eigenvalue weighted by molar-refractivity contribution is -0.157. The number of imidazole rings is 1. The molecule has 0 radical (unpaired) electrons. The van der Waals surface area contributed by atoms with Gasteiger partial charge in [0.2, 0.25) is 0 Å². The van der Waals surface area contributed by atoms with Crippen molar-refractivity contribution < 1.29 is 19.1 Å². The van der Waals surface area contributed by atoms with Crippen LogP contribution in [0.25, 0.3) is 0 Å². The highest BCUT2D eigenvalue weighted by Gasteiger charge is 2.30. The maximum Gasteiger partial charge on any atom is 0.339 e. The number of halogens is 1. The van der Waals surface area contributed by atoms with Gasteiger partial charge in [0.15, 0.2) is 0 Å². The first-order valence-corrected chi connectivity index (χ1v) is 9.45. The Kier molecular flexibility index (Phi) is 6.29. The van der Waals surface area contributed by atoms with E-state index in [1.165, 1.54) is 0 Å². The fourth-order valence-corrected chi connectivity index (χ4v) is 3.59. The van der Waals surface area contributed by atoms with Gasteiger partial charge in [0.25, 0.3) is 0 Å². The molecule has 0 fully saturated rings. The number of benzene rings is 1. The quantitative estimate of drug-likeness (QED) is 0.408. The van der Waals surface area contributed by atoms with Gasteiger partial charge in [-0.1, -0.05) is 37.6 Å². The Labute approximate surface area is 163 Å². The smallest absolute Gasteiger partial charge is 0.339 e. The summed E-state index contributed by atoms with van der Waals surface area (Å²) in [5.41, 5.74) is 3.15. The summed E-state index contributed by atoms with van der Waals surface area (Å²) in [5.74, 6) is 0.564. The van der Waals surface area contributed by atoms with Crippen molar-refractivity contribution in [2.24, 2.45) is 0 Å². The highest BCUT2D eigenvalue weighted by atomic mass is 35.5. The Morgan fingerprint density at radius 3 is 2.78 bits per heavy atom. The van der Waals surface area contributed by atoms with Crippen LogP contribution in [0.2, 0.25) is 5.02 Å². The van der Waals surface area contributed by atoms with Gasteiger partial charge in [-0.25, -0.2) is 9.78 Å². The summed E-state index contributed by atoms with van der Waals surface area (Å²) in [4.78, 5) is 26.7. The molecule has 0 saturated heterocycles. The Hall–Kier alpha value is -2.18. The number of rotatable bonds is 7. The van der Waals surface area contributed by atoms with Gasteiger partial charge < -0.3 is 14.0 Å². The minimum atomic E-state index is -0.690.